The molecular weight excluding hydrogens is 355 g/mol. The van der Waals surface area contributed by atoms with Crippen molar-refractivity contribution in [1.29, 1.82) is 0 Å². The van der Waals surface area contributed by atoms with E-state index in [-0.39, 0.29) is 6.61 Å². The number of alkyl halides is 3. The fraction of sp³-hybridized carbons (Fsp3) is 0.462. The normalized spacial score (nSPS) is 12.9. The van der Waals surface area contributed by atoms with Gasteiger partial charge in [-0.2, -0.15) is 13.2 Å². The molecular formula is C13H15BrF3NO3. The van der Waals surface area contributed by atoms with E-state index >= 15 is 0 Å². The average Bonchev–Trinajstić information content (AvgIpc) is 2.40. The Morgan fingerprint density at radius 3 is 2.62 bits per heavy atom. The predicted octanol–water partition coefficient (Wildman–Crippen LogP) is 3.21. The largest absolute Gasteiger partial charge is 0.497 e. The van der Waals surface area contributed by atoms with Crippen molar-refractivity contribution < 1.29 is 27.4 Å². The van der Waals surface area contributed by atoms with Gasteiger partial charge in [-0.25, -0.2) is 4.79 Å². The maximum absolute atomic E-state index is 12.4. The van der Waals surface area contributed by atoms with Gasteiger partial charge in [0.1, 0.15) is 11.8 Å². The molecule has 0 fully saturated rings. The van der Waals surface area contributed by atoms with Gasteiger partial charge in [-0.05, 0) is 30.7 Å². The summed E-state index contributed by atoms with van der Waals surface area (Å²) < 4.78 is 47.5. The van der Waals surface area contributed by atoms with Gasteiger partial charge in [0, 0.05) is 4.47 Å². The highest BCUT2D eigenvalue weighted by atomic mass is 79.9. The highest BCUT2D eigenvalue weighted by Gasteiger charge is 2.32. The average molecular weight is 370 g/mol. The van der Waals surface area contributed by atoms with Crippen LogP contribution in [0, 0.1) is 0 Å². The first-order chi connectivity index (χ1) is 9.78. The lowest BCUT2D eigenvalue weighted by Crippen LogP contribution is -2.37. The number of halogens is 4. The first-order valence-corrected chi connectivity index (χ1v) is 6.88. The summed E-state index contributed by atoms with van der Waals surface area (Å²) in [7, 11) is 1.43. The Morgan fingerprint density at radius 1 is 1.43 bits per heavy atom. The van der Waals surface area contributed by atoms with Crippen molar-refractivity contribution in [2.75, 3.05) is 20.3 Å². The molecule has 21 heavy (non-hydrogen) atoms. The number of methoxy groups -OCH3 is 1. The van der Waals surface area contributed by atoms with E-state index < -0.39 is 24.7 Å². The van der Waals surface area contributed by atoms with E-state index in [9.17, 15) is 18.0 Å². The summed E-state index contributed by atoms with van der Waals surface area (Å²) in [6.07, 6.45) is -4.43. The lowest BCUT2D eigenvalue weighted by Gasteiger charge is -2.20. The number of hydrogen-bond donors (Lipinski definition) is 1. The number of ether oxygens (including phenoxy) is 2. The minimum absolute atomic E-state index is 0.0740. The molecule has 0 bridgehead atoms. The van der Waals surface area contributed by atoms with Gasteiger partial charge in [-0.15, -0.1) is 0 Å². The van der Waals surface area contributed by atoms with Crippen LogP contribution in [0.1, 0.15) is 18.5 Å². The van der Waals surface area contributed by atoms with Crippen LogP contribution < -0.4 is 10.1 Å². The van der Waals surface area contributed by atoms with E-state index in [1.807, 2.05) is 0 Å². The quantitative estimate of drug-likeness (QED) is 0.782. The zero-order valence-corrected chi connectivity index (χ0v) is 13.0. The second-order valence-corrected chi connectivity index (χ2v) is 4.92. The fourth-order valence-corrected chi connectivity index (χ4v) is 2.11. The van der Waals surface area contributed by atoms with Gasteiger partial charge in [-0.3, -0.25) is 5.32 Å². The van der Waals surface area contributed by atoms with Crippen molar-refractivity contribution in [3.8, 4) is 5.75 Å². The fourth-order valence-electron chi connectivity index (χ4n) is 1.63. The molecule has 0 aliphatic carbocycles. The molecule has 0 aliphatic heterocycles. The first kappa shape index (κ1) is 17.8. The molecule has 1 atom stereocenters. The first-order valence-electron chi connectivity index (χ1n) is 6.08. The second kappa shape index (κ2) is 7.65. The molecule has 8 heteroatoms. The van der Waals surface area contributed by atoms with Crippen LogP contribution in [0.25, 0.3) is 0 Å². The van der Waals surface area contributed by atoms with E-state index in [1.54, 1.807) is 19.1 Å². The van der Waals surface area contributed by atoms with Gasteiger partial charge in [0.15, 0.2) is 0 Å². The number of esters is 1. The Kier molecular flexibility index (Phi) is 6.47. The highest BCUT2D eigenvalue weighted by molar-refractivity contribution is 9.10. The maximum atomic E-state index is 12.4. The van der Waals surface area contributed by atoms with Crippen molar-refractivity contribution in [1.82, 2.24) is 5.32 Å². The van der Waals surface area contributed by atoms with Crippen LogP contribution in [-0.4, -0.2) is 32.4 Å². The van der Waals surface area contributed by atoms with Crippen molar-refractivity contribution in [3.05, 3.63) is 28.2 Å². The van der Waals surface area contributed by atoms with Gasteiger partial charge in [0.05, 0.1) is 20.3 Å². The van der Waals surface area contributed by atoms with Crippen molar-refractivity contribution >= 4 is 21.9 Å². The lowest BCUT2D eigenvalue weighted by molar-refractivity contribution is -0.149. The Balaban J connectivity index is 3.07. The third kappa shape index (κ3) is 5.55. The summed E-state index contributed by atoms with van der Waals surface area (Å²) in [5.41, 5.74) is 0.317. The summed E-state index contributed by atoms with van der Waals surface area (Å²) in [6.45, 7) is 0.351. The summed E-state index contributed by atoms with van der Waals surface area (Å²) in [4.78, 5) is 11.9. The smallest absolute Gasteiger partial charge is 0.401 e. The monoisotopic (exact) mass is 369 g/mol. The molecule has 0 amide bonds. The van der Waals surface area contributed by atoms with Gasteiger partial charge in [-0.1, -0.05) is 15.9 Å². The second-order valence-electron chi connectivity index (χ2n) is 4.07. The standard InChI is InChI=1S/C13H15BrF3NO3/c1-3-21-12(19)11(18-7-13(15,16)17)9-6-8(20-2)4-5-10(9)14/h4-6,11,18H,3,7H2,1-2H3. The van der Waals surface area contributed by atoms with Gasteiger partial charge < -0.3 is 9.47 Å². The van der Waals surface area contributed by atoms with Gasteiger partial charge in [0.2, 0.25) is 0 Å². The van der Waals surface area contributed by atoms with Crippen LogP contribution in [0.5, 0.6) is 5.75 Å². The number of benzene rings is 1. The number of nitrogens with one attached hydrogen (secondary N) is 1. The number of carbonyl (C=O) groups is 1. The number of carbonyl (C=O) groups excluding carboxylic acids is 1. The topological polar surface area (TPSA) is 47.6 Å². The summed E-state index contributed by atoms with van der Waals surface area (Å²) in [5, 5.41) is 2.17. The van der Waals surface area contributed by atoms with Crippen LogP contribution in [0.3, 0.4) is 0 Å². The molecule has 0 heterocycles. The zero-order valence-electron chi connectivity index (χ0n) is 11.5. The van der Waals surface area contributed by atoms with Crippen LogP contribution >= 0.6 is 15.9 Å². The molecule has 0 saturated heterocycles. The van der Waals surface area contributed by atoms with Gasteiger partial charge in [0.25, 0.3) is 0 Å². The Bertz CT molecular complexity index is 494. The molecule has 4 nitrogen and oxygen atoms in total. The van der Waals surface area contributed by atoms with Crippen LogP contribution in [0.15, 0.2) is 22.7 Å². The lowest BCUT2D eigenvalue weighted by atomic mass is 10.1. The molecule has 0 radical (unpaired) electrons. The van der Waals surface area contributed by atoms with E-state index in [0.29, 0.717) is 15.8 Å². The molecule has 0 spiro atoms. The Hall–Kier alpha value is -1.28. The molecule has 1 N–H and O–H groups in total. The number of rotatable bonds is 6. The SMILES string of the molecule is CCOC(=O)C(NCC(F)(F)F)c1cc(OC)ccc1Br. The molecule has 1 unspecified atom stereocenters. The van der Waals surface area contributed by atoms with Crippen LogP contribution in [-0.2, 0) is 9.53 Å². The van der Waals surface area contributed by atoms with Crippen molar-refractivity contribution in [3.63, 3.8) is 0 Å². The molecule has 0 aromatic heterocycles. The molecule has 0 saturated carbocycles. The van der Waals surface area contributed by atoms with Crippen molar-refractivity contribution in [2.45, 2.75) is 19.1 Å². The molecule has 0 aliphatic rings. The third-order valence-corrected chi connectivity index (χ3v) is 3.27. The third-order valence-electron chi connectivity index (χ3n) is 2.54. The van der Waals surface area contributed by atoms with Crippen LogP contribution in [0.4, 0.5) is 13.2 Å². The molecule has 1 rings (SSSR count). The van der Waals surface area contributed by atoms with E-state index in [2.05, 4.69) is 21.2 Å². The van der Waals surface area contributed by atoms with Crippen molar-refractivity contribution in [2.24, 2.45) is 0 Å². The van der Waals surface area contributed by atoms with E-state index in [1.165, 1.54) is 13.2 Å². The Morgan fingerprint density at radius 2 is 2.10 bits per heavy atom. The highest BCUT2D eigenvalue weighted by Crippen LogP contribution is 2.29. The van der Waals surface area contributed by atoms with E-state index in [0.717, 1.165) is 0 Å². The summed E-state index contributed by atoms with van der Waals surface area (Å²) in [5.74, 6) is -0.355. The minimum Gasteiger partial charge on any atom is -0.497 e. The predicted molar refractivity (Wildman–Crippen MR) is 74.1 cm³/mol. The summed E-state index contributed by atoms with van der Waals surface area (Å²) >= 11 is 3.22. The minimum atomic E-state index is -4.43. The van der Waals surface area contributed by atoms with E-state index in [4.69, 9.17) is 9.47 Å². The van der Waals surface area contributed by atoms with Gasteiger partial charge >= 0.3 is 12.1 Å². The maximum Gasteiger partial charge on any atom is 0.401 e. The molecule has 1 aromatic rings. The zero-order chi connectivity index (χ0) is 16.0. The summed E-state index contributed by atoms with van der Waals surface area (Å²) in [6, 6.07) is 3.46. The molecule has 1 aromatic carbocycles. The number of hydrogen-bond acceptors (Lipinski definition) is 4. The van der Waals surface area contributed by atoms with Crippen LogP contribution in [0.2, 0.25) is 0 Å². The Labute approximate surface area is 128 Å². The molecule has 118 valence electrons.